The summed E-state index contributed by atoms with van der Waals surface area (Å²) in [4.78, 5) is 12.7. The van der Waals surface area contributed by atoms with E-state index in [9.17, 15) is 4.39 Å². The average molecular weight is 286 g/mol. The van der Waals surface area contributed by atoms with Crippen molar-refractivity contribution >= 4 is 17.2 Å². The van der Waals surface area contributed by atoms with Crippen LogP contribution in [0.4, 0.5) is 10.2 Å². The molecule has 100 valence electrons. The Labute approximate surface area is 119 Å². The van der Waals surface area contributed by atoms with E-state index in [2.05, 4.69) is 20.3 Å². The van der Waals surface area contributed by atoms with Gasteiger partial charge in [-0.1, -0.05) is 6.07 Å². The molecule has 6 heteroatoms. The SMILES string of the molecule is Fc1ccc(NCc2csc(-c3ccccn3)n2)nc1. The molecule has 0 bridgehead atoms. The van der Waals surface area contributed by atoms with Crippen molar-refractivity contribution in [3.8, 4) is 10.7 Å². The van der Waals surface area contributed by atoms with Crippen LogP contribution in [0, 0.1) is 5.82 Å². The lowest BCUT2D eigenvalue weighted by atomic mass is 10.3. The zero-order valence-corrected chi connectivity index (χ0v) is 11.3. The zero-order chi connectivity index (χ0) is 13.8. The second-order valence-electron chi connectivity index (χ2n) is 4.07. The molecule has 0 radical (unpaired) electrons. The number of pyridine rings is 2. The van der Waals surface area contributed by atoms with E-state index >= 15 is 0 Å². The van der Waals surface area contributed by atoms with E-state index in [-0.39, 0.29) is 5.82 Å². The van der Waals surface area contributed by atoms with Crippen LogP contribution in [0.1, 0.15) is 5.69 Å². The molecule has 0 fully saturated rings. The van der Waals surface area contributed by atoms with Gasteiger partial charge in [0.1, 0.15) is 16.6 Å². The van der Waals surface area contributed by atoms with Gasteiger partial charge in [-0.15, -0.1) is 11.3 Å². The molecule has 0 aliphatic rings. The van der Waals surface area contributed by atoms with Gasteiger partial charge in [0.15, 0.2) is 0 Å². The molecule has 0 aliphatic heterocycles. The van der Waals surface area contributed by atoms with Gasteiger partial charge in [-0.05, 0) is 24.3 Å². The normalized spacial score (nSPS) is 10.4. The lowest BCUT2D eigenvalue weighted by Crippen LogP contribution is -2.01. The molecule has 4 nitrogen and oxygen atoms in total. The Bertz CT molecular complexity index is 682. The number of hydrogen-bond acceptors (Lipinski definition) is 5. The van der Waals surface area contributed by atoms with Crippen molar-refractivity contribution in [1.29, 1.82) is 0 Å². The van der Waals surface area contributed by atoms with Crippen LogP contribution in [0.5, 0.6) is 0 Å². The molecule has 0 spiro atoms. The molecule has 3 heterocycles. The first-order chi connectivity index (χ1) is 9.81. The van der Waals surface area contributed by atoms with Crippen molar-refractivity contribution in [2.45, 2.75) is 6.54 Å². The molecule has 3 aromatic heterocycles. The minimum Gasteiger partial charge on any atom is -0.364 e. The zero-order valence-electron chi connectivity index (χ0n) is 10.5. The molecule has 0 saturated heterocycles. The highest BCUT2D eigenvalue weighted by Gasteiger charge is 2.05. The van der Waals surface area contributed by atoms with Gasteiger partial charge in [0, 0.05) is 11.6 Å². The first-order valence-electron chi connectivity index (χ1n) is 6.02. The third-order valence-electron chi connectivity index (χ3n) is 2.61. The van der Waals surface area contributed by atoms with Crippen molar-refractivity contribution < 1.29 is 4.39 Å². The van der Waals surface area contributed by atoms with E-state index in [1.807, 2.05) is 23.6 Å². The van der Waals surface area contributed by atoms with Crippen molar-refractivity contribution in [2.75, 3.05) is 5.32 Å². The Kier molecular flexibility index (Phi) is 3.64. The largest absolute Gasteiger partial charge is 0.364 e. The predicted molar refractivity (Wildman–Crippen MR) is 76.9 cm³/mol. The quantitative estimate of drug-likeness (QED) is 0.799. The summed E-state index contributed by atoms with van der Waals surface area (Å²) in [6.07, 6.45) is 2.93. The molecule has 0 atom stereocenters. The first kappa shape index (κ1) is 12.7. The van der Waals surface area contributed by atoms with E-state index in [1.165, 1.54) is 12.3 Å². The highest BCUT2D eigenvalue weighted by atomic mass is 32.1. The standard InChI is InChI=1S/C14H11FN4S/c15-10-4-5-13(17-7-10)18-8-11-9-20-14(19-11)12-3-1-2-6-16-12/h1-7,9H,8H2,(H,17,18). The van der Waals surface area contributed by atoms with Crippen LogP contribution >= 0.6 is 11.3 Å². The number of rotatable bonds is 4. The van der Waals surface area contributed by atoms with Gasteiger partial charge >= 0.3 is 0 Å². The van der Waals surface area contributed by atoms with Gasteiger partial charge in [-0.25, -0.2) is 14.4 Å². The molecule has 1 N–H and O–H groups in total. The van der Waals surface area contributed by atoms with E-state index < -0.39 is 0 Å². The average Bonchev–Trinajstić information content (AvgIpc) is 2.97. The van der Waals surface area contributed by atoms with E-state index in [1.54, 1.807) is 23.6 Å². The Morgan fingerprint density at radius 1 is 1.15 bits per heavy atom. The Morgan fingerprint density at radius 3 is 2.85 bits per heavy atom. The summed E-state index contributed by atoms with van der Waals surface area (Å²) in [5.41, 5.74) is 1.77. The number of thiazole rings is 1. The number of halogens is 1. The maximum Gasteiger partial charge on any atom is 0.142 e. The van der Waals surface area contributed by atoms with Crippen LogP contribution in [0.3, 0.4) is 0 Å². The van der Waals surface area contributed by atoms with Crippen molar-refractivity contribution in [1.82, 2.24) is 15.0 Å². The van der Waals surface area contributed by atoms with Gasteiger partial charge in [0.05, 0.1) is 24.1 Å². The summed E-state index contributed by atoms with van der Waals surface area (Å²) in [5, 5.41) is 5.96. The maximum absolute atomic E-state index is 12.7. The fourth-order valence-corrected chi connectivity index (χ4v) is 2.45. The summed E-state index contributed by atoms with van der Waals surface area (Å²) >= 11 is 1.55. The number of nitrogens with one attached hydrogen (secondary N) is 1. The fourth-order valence-electron chi connectivity index (χ4n) is 1.66. The monoisotopic (exact) mass is 286 g/mol. The summed E-state index contributed by atoms with van der Waals surface area (Å²) in [6, 6.07) is 8.71. The Morgan fingerprint density at radius 2 is 2.10 bits per heavy atom. The summed E-state index contributed by atoms with van der Waals surface area (Å²) in [5.74, 6) is 0.278. The third-order valence-corrected chi connectivity index (χ3v) is 3.53. The molecule has 0 saturated carbocycles. The number of anilines is 1. The highest BCUT2D eigenvalue weighted by molar-refractivity contribution is 7.13. The lowest BCUT2D eigenvalue weighted by molar-refractivity contribution is 0.621. The molecule has 3 rings (SSSR count). The van der Waals surface area contributed by atoms with Crippen molar-refractivity contribution in [2.24, 2.45) is 0 Å². The smallest absolute Gasteiger partial charge is 0.142 e. The molecule has 0 aromatic carbocycles. The number of nitrogens with zero attached hydrogens (tertiary/aromatic N) is 3. The predicted octanol–water partition coefficient (Wildman–Crippen LogP) is 3.35. The summed E-state index contributed by atoms with van der Waals surface area (Å²) in [6.45, 7) is 0.544. The molecule has 0 aliphatic carbocycles. The maximum atomic E-state index is 12.7. The summed E-state index contributed by atoms with van der Waals surface area (Å²) in [7, 11) is 0. The van der Waals surface area contributed by atoms with Gasteiger partial charge < -0.3 is 5.32 Å². The minimum absolute atomic E-state index is 0.346. The highest BCUT2D eigenvalue weighted by Crippen LogP contribution is 2.21. The van der Waals surface area contributed by atoms with Gasteiger partial charge in [0.2, 0.25) is 0 Å². The van der Waals surface area contributed by atoms with Gasteiger partial charge in [0.25, 0.3) is 0 Å². The molecule has 0 unspecified atom stereocenters. The van der Waals surface area contributed by atoms with Crippen molar-refractivity contribution in [3.63, 3.8) is 0 Å². The van der Waals surface area contributed by atoms with Gasteiger partial charge in [-0.2, -0.15) is 0 Å². The molecule has 0 amide bonds. The number of aromatic nitrogens is 3. The van der Waals surface area contributed by atoms with Crippen LogP contribution < -0.4 is 5.32 Å². The van der Waals surface area contributed by atoms with Crippen LogP contribution in [0.25, 0.3) is 10.7 Å². The Balaban J connectivity index is 1.67. The number of hydrogen-bond donors (Lipinski definition) is 1. The lowest BCUT2D eigenvalue weighted by Gasteiger charge is -2.02. The topological polar surface area (TPSA) is 50.7 Å². The molecule has 20 heavy (non-hydrogen) atoms. The van der Waals surface area contributed by atoms with E-state index in [0.29, 0.717) is 12.4 Å². The molecule has 3 aromatic rings. The molecular weight excluding hydrogens is 275 g/mol. The second kappa shape index (κ2) is 5.75. The summed E-state index contributed by atoms with van der Waals surface area (Å²) < 4.78 is 12.7. The third kappa shape index (κ3) is 2.97. The van der Waals surface area contributed by atoms with Crippen LogP contribution in [-0.4, -0.2) is 15.0 Å². The van der Waals surface area contributed by atoms with Crippen molar-refractivity contribution in [3.05, 3.63) is 59.6 Å². The van der Waals surface area contributed by atoms with Crippen LogP contribution in [0.2, 0.25) is 0 Å². The Hall–Kier alpha value is -2.34. The van der Waals surface area contributed by atoms with E-state index in [4.69, 9.17) is 0 Å². The second-order valence-corrected chi connectivity index (χ2v) is 4.93. The fraction of sp³-hybridized carbons (Fsp3) is 0.0714. The van der Waals surface area contributed by atoms with Crippen LogP contribution in [0.15, 0.2) is 48.1 Å². The molecular formula is C14H11FN4S. The van der Waals surface area contributed by atoms with Gasteiger partial charge in [-0.3, -0.25) is 4.98 Å². The minimum atomic E-state index is -0.346. The van der Waals surface area contributed by atoms with E-state index in [0.717, 1.165) is 16.4 Å². The van der Waals surface area contributed by atoms with Crippen LogP contribution in [-0.2, 0) is 6.54 Å². The first-order valence-corrected chi connectivity index (χ1v) is 6.90.